The smallest absolute Gasteiger partial charge is 0.408 e. The van der Waals surface area contributed by atoms with E-state index in [1.807, 2.05) is 0 Å². The SMILES string of the molecule is O=C(O)NC=C1C[C@H]2C=CC=C[C@H]2C1. The van der Waals surface area contributed by atoms with Crippen molar-refractivity contribution < 1.29 is 9.90 Å². The van der Waals surface area contributed by atoms with Crippen LogP contribution in [0.5, 0.6) is 0 Å². The van der Waals surface area contributed by atoms with Crippen molar-refractivity contribution in [1.29, 1.82) is 0 Å². The number of nitrogens with one attached hydrogen (secondary N) is 1. The minimum atomic E-state index is -0.988. The predicted octanol–water partition coefficient (Wildman–Crippen LogP) is 2.29. The summed E-state index contributed by atoms with van der Waals surface area (Å²) in [6, 6.07) is 0. The second-order valence-corrected chi connectivity index (χ2v) is 3.76. The first kappa shape index (κ1) is 9.06. The maximum atomic E-state index is 10.3. The van der Waals surface area contributed by atoms with E-state index in [0.717, 1.165) is 12.8 Å². The summed E-state index contributed by atoms with van der Waals surface area (Å²) in [6.45, 7) is 0. The quantitative estimate of drug-likeness (QED) is 0.668. The Hall–Kier alpha value is -1.51. The Bertz CT molecular complexity index is 306. The summed E-state index contributed by atoms with van der Waals surface area (Å²) in [7, 11) is 0. The van der Waals surface area contributed by atoms with Crippen molar-refractivity contribution in [3.63, 3.8) is 0 Å². The first-order chi connectivity index (χ1) is 6.75. The second kappa shape index (κ2) is 3.70. The molecule has 0 aromatic rings. The molecule has 0 unspecified atom stereocenters. The molecule has 74 valence electrons. The van der Waals surface area contributed by atoms with Gasteiger partial charge in [0.1, 0.15) is 0 Å². The van der Waals surface area contributed by atoms with E-state index >= 15 is 0 Å². The van der Waals surface area contributed by atoms with Gasteiger partial charge < -0.3 is 5.11 Å². The third kappa shape index (κ3) is 1.87. The van der Waals surface area contributed by atoms with Crippen molar-refractivity contribution in [1.82, 2.24) is 5.32 Å². The number of fused-ring (bicyclic) bond motifs is 1. The summed E-state index contributed by atoms with van der Waals surface area (Å²) in [5, 5.41) is 10.8. The fraction of sp³-hybridized carbons (Fsp3) is 0.364. The first-order valence-corrected chi connectivity index (χ1v) is 4.78. The maximum absolute atomic E-state index is 10.3. The topological polar surface area (TPSA) is 49.3 Å². The highest BCUT2D eigenvalue weighted by Gasteiger charge is 2.27. The minimum absolute atomic E-state index is 0.571. The highest BCUT2D eigenvalue weighted by molar-refractivity contribution is 5.65. The van der Waals surface area contributed by atoms with Gasteiger partial charge in [0.05, 0.1) is 0 Å². The third-order valence-corrected chi connectivity index (χ3v) is 2.77. The van der Waals surface area contributed by atoms with Crippen molar-refractivity contribution in [2.75, 3.05) is 0 Å². The summed E-state index contributed by atoms with van der Waals surface area (Å²) < 4.78 is 0. The van der Waals surface area contributed by atoms with Crippen molar-refractivity contribution in [3.8, 4) is 0 Å². The molecule has 2 aliphatic carbocycles. The number of amides is 1. The summed E-state index contributed by atoms with van der Waals surface area (Å²) >= 11 is 0. The van der Waals surface area contributed by atoms with Crippen LogP contribution < -0.4 is 5.32 Å². The molecule has 1 amide bonds. The number of rotatable bonds is 1. The van der Waals surface area contributed by atoms with Gasteiger partial charge in [0.15, 0.2) is 0 Å². The van der Waals surface area contributed by atoms with Crippen molar-refractivity contribution in [2.45, 2.75) is 12.8 Å². The number of carboxylic acid groups (broad SMARTS) is 1. The normalized spacial score (nSPS) is 31.9. The molecule has 1 saturated carbocycles. The highest BCUT2D eigenvalue weighted by atomic mass is 16.4. The van der Waals surface area contributed by atoms with Crippen LogP contribution in [0.2, 0.25) is 0 Å². The molecular weight excluding hydrogens is 178 g/mol. The standard InChI is InChI=1S/C11H13NO2/c13-11(14)12-7-8-5-9-3-1-2-4-10(9)6-8/h1-4,7,9-10,12H,5-6H2,(H,13,14)/t9-,10+. The van der Waals surface area contributed by atoms with Crippen LogP contribution in [0, 0.1) is 11.8 Å². The van der Waals surface area contributed by atoms with Crippen LogP contribution >= 0.6 is 0 Å². The largest absolute Gasteiger partial charge is 0.465 e. The van der Waals surface area contributed by atoms with E-state index in [2.05, 4.69) is 29.6 Å². The van der Waals surface area contributed by atoms with Crippen molar-refractivity contribution in [2.24, 2.45) is 11.8 Å². The average molecular weight is 191 g/mol. The Morgan fingerprint density at radius 2 is 1.93 bits per heavy atom. The molecule has 3 nitrogen and oxygen atoms in total. The number of hydrogen-bond acceptors (Lipinski definition) is 1. The Balaban J connectivity index is 2.00. The van der Waals surface area contributed by atoms with Gasteiger partial charge in [-0.05, 0) is 24.7 Å². The zero-order chi connectivity index (χ0) is 9.97. The molecule has 0 spiro atoms. The molecule has 0 radical (unpaired) electrons. The molecule has 2 N–H and O–H groups in total. The summed E-state index contributed by atoms with van der Waals surface area (Å²) in [5.74, 6) is 1.14. The number of carbonyl (C=O) groups is 1. The van der Waals surface area contributed by atoms with Crippen LogP contribution in [0.4, 0.5) is 4.79 Å². The van der Waals surface area contributed by atoms with Gasteiger partial charge in [0.2, 0.25) is 0 Å². The monoisotopic (exact) mass is 191 g/mol. The molecule has 0 aromatic heterocycles. The van der Waals surface area contributed by atoms with E-state index in [1.165, 1.54) is 5.57 Å². The van der Waals surface area contributed by atoms with Gasteiger partial charge in [-0.1, -0.05) is 29.9 Å². The van der Waals surface area contributed by atoms with E-state index in [9.17, 15) is 4.79 Å². The molecule has 2 atom stereocenters. The second-order valence-electron chi connectivity index (χ2n) is 3.76. The maximum Gasteiger partial charge on any atom is 0.408 e. The Labute approximate surface area is 82.8 Å². The summed E-state index contributed by atoms with van der Waals surface area (Å²) in [5.41, 5.74) is 1.19. The lowest BCUT2D eigenvalue weighted by molar-refractivity contribution is 0.198. The summed E-state index contributed by atoms with van der Waals surface area (Å²) in [4.78, 5) is 10.3. The highest BCUT2D eigenvalue weighted by Crippen LogP contribution is 2.38. The van der Waals surface area contributed by atoms with Gasteiger partial charge in [0, 0.05) is 6.20 Å². The first-order valence-electron chi connectivity index (χ1n) is 4.78. The fourth-order valence-corrected chi connectivity index (χ4v) is 2.11. The Kier molecular flexibility index (Phi) is 2.39. The molecule has 0 aromatic carbocycles. The summed E-state index contributed by atoms with van der Waals surface area (Å²) in [6.07, 6.45) is 11.1. The minimum Gasteiger partial charge on any atom is -0.465 e. The molecule has 0 bridgehead atoms. The number of hydrogen-bond donors (Lipinski definition) is 2. The van der Waals surface area contributed by atoms with E-state index in [-0.39, 0.29) is 0 Å². The van der Waals surface area contributed by atoms with Gasteiger partial charge in [0.25, 0.3) is 0 Å². The lowest BCUT2D eigenvalue weighted by Gasteiger charge is -2.12. The van der Waals surface area contributed by atoms with Gasteiger partial charge in [-0.2, -0.15) is 0 Å². The molecular formula is C11H13NO2. The predicted molar refractivity (Wildman–Crippen MR) is 53.7 cm³/mol. The van der Waals surface area contributed by atoms with E-state index in [1.54, 1.807) is 6.20 Å². The third-order valence-electron chi connectivity index (χ3n) is 2.77. The van der Waals surface area contributed by atoms with Crippen LogP contribution in [0.25, 0.3) is 0 Å². The van der Waals surface area contributed by atoms with E-state index in [0.29, 0.717) is 11.8 Å². The molecule has 0 saturated heterocycles. The number of allylic oxidation sites excluding steroid dienone is 5. The fourth-order valence-electron chi connectivity index (χ4n) is 2.11. The van der Waals surface area contributed by atoms with Gasteiger partial charge in [-0.15, -0.1) is 0 Å². The molecule has 0 aliphatic heterocycles. The molecule has 3 heteroatoms. The van der Waals surface area contributed by atoms with Gasteiger partial charge in [-0.3, -0.25) is 5.32 Å². The van der Waals surface area contributed by atoms with E-state index in [4.69, 9.17) is 5.11 Å². The molecule has 1 fully saturated rings. The van der Waals surface area contributed by atoms with Crippen molar-refractivity contribution >= 4 is 6.09 Å². The van der Waals surface area contributed by atoms with Crippen LogP contribution in [-0.2, 0) is 0 Å². The van der Waals surface area contributed by atoms with Gasteiger partial charge in [-0.25, -0.2) is 4.79 Å². The van der Waals surface area contributed by atoms with Crippen LogP contribution in [-0.4, -0.2) is 11.2 Å². The lowest BCUT2D eigenvalue weighted by Crippen LogP contribution is -2.13. The lowest BCUT2D eigenvalue weighted by atomic mass is 9.92. The van der Waals surface area contributed by atoms with Crippen LogP contribution in [0.3, 0.4) is 0 Å². The molecule has 2 aliphatic rings. The Morgan fingerprint density at radius 3 is 2.43 bits per heavy atom. The van der Waals surface area contributed by atoms with E-state index < -0.39 is 6.09 Å². The van der Waals surface area contributed by atoms with Crippen LogP contribution in [0.1, 0.15) is 12.8 Å². The average Bonchev–Trinajstić information content (AvgIpc) is 2.57. The molecule has 2 rings (SSSR count). The van der Waals surface area contributed by atoms with Crippen molar-refractivity contribution in [3.05, 3.63) is 36.1 Å². The van der Waals surface area contributed by atoms with Crippen LogP contribution in [0.15, 0.2) is 36.1 Å². The molecule has 0 heterocycles. The van der Waals surface area contributed by atoms with Gasteiger partial charge >= 0.3 is 6.09 Å². The Morgan fingerprint density at radius 1 is 1.36 bits per heavy atom. The molecule has 14 heavy (non-hydrogen) atoms. The zero-order valence-corrected chi connectivity index (χ0v) is 7.81. The zero-order valence-electron chi connectivity index (χ0n) is 7.81.